The topological polar surface area (TPSA) is 112 Å². The van der Waals surface area contributed by atoms with Crippen molar-refractivity contribution in [3.63, 3.8) is 0 Å². The average Bonchev–Trinajstić information content (AvgIpc) is 3.16. The van der Waals surface area contributed by atoms with Crippen LogP contribution in [-0.4, -0.2) is 51.5 Å². The highest BCUT2D eigenvalue weighted by Gasteiger charge is 2.53. The maximum atomic E-state index is 14.0. The van der Waals surface area contributed by atoms with Crippen molar-refractivity contribution >= 4 is 17.3 Å². The van der Waals surface area contributed by atoms with Gasteiger partial charge in [-0.2, -0.15) is 0 Å². The molecule has 0 rings (SSSR count). The fourth-order valence-electron chi connectivity index (χ4n) is 6.35. The number of rotatable bonds is 37. The lowest BCUT2D eigenvalue weighted by Gasteiger charge is -2.33. The molecule has 6 heteroatoms. The minimum Gasteiger partial charge on any atom is -0.394 e. The Labute approximate surface area is 324 Å². The van der Waals surface area contributed by atoms with Gasteiger partial charge in [0.1, 0.15) is 17.6 Å². The van der Waals surface area contributed by atoms with E-state index in [2.05, 4.69) is 93.7 Å². The second-order valence-corrected chi connectivity index (χ2v) is 14.3. The first-order valence-electron chi connectivity index (χ1n) is 21.3. The normalized spacial score (nSPS) is 14.8. The number of aliphatic hydroxyl groups excluding tert-OH is 3. The van der Waals surface area contributed by atoms with Gasteiger partial charge in [-0.25, -0.2) is 0 Å². The molecule has 0 saturated heterocycles. The van der Waals surface area contributed by atoms with Gasteiger partial charge < -0.3 is 15.3 Å². The summed E-state index contributed by atoms with van der Waals surface area (Å²) in [5.41, 5.74) is -2.00. The summed E-state index contributed by atoms with van der Waals surface area (Å²) < 4.78 is 0. The maximum Gasteiger partial charge on any atom is 0.184 e. The fraction of sp³-hybridized carbons (Fsp3) is 0.681. The standard InChI is InChI=1S/C47H78O6/c1-4-7-10-13-15-17-19-21-23-24-26-28-30-33-36-39-44(51)47(46(53)45(52)42(49)41-48,43(50)38-35-32-12-9-6-3)40-37-34-31-29-27-25-22-20-18-16-14-11-8-5-2/h8,11,15-18,21-23,25-26,28,42,45,48-49,52H,4-7,9-10,12-14,19-20,24,27,29-41H2,1-3H3/b11-8-,17-15-,18-16-,23-21-,25-22-,28-26-. The van der Waals surface area contributed by atoms with Crippen LogP contribution in [0.15, 0.2) is 72.9 Å². The van der Waals surface area contributed by atoms with Gasteiger partial charge in [0.15, 0.2) is 17.3 Å². The van der Waals surface area contributed by atoms with Crippen molar-refractivity contribution in [2.24, 2.45) is 5.41 Å². The van der Waals surface area contributed by atoms with Gasteiger partial charge in [-0.15, -0.1) is 0 Å². The van der Waals surface area contributed by atoms with Crippen LogP contribution in [-0.2, 0) is 14.4 Å². The minimum absolute atomic E-state index is 0.0287. The van der Waals surface area contributed by atoms with Crippen molar-refractivity contribution in [2.75, 3.05) is 6.61 Å². The molecule has 0 radical (unpaired) electrons. The van der Waals surface area contributed by atoms with Crippen LogP contribution in [0.1, 0.15) is 181 Å². The summed E-state index contributed by atoms with van der Waals surface area (Å²) in [5.74, 6) is -1.86. The van der Waals surface area contributed by atoms with E-state index in [9.17, 15) is 29.7 Å². The Morgan fingerprint density at radius 1 is 0.491 bits per heavy atom. The third-order valence-corrected chi connectivity index (χ3v) is 9.70. The second-order valence-electron chi connectivity index (χ2n) is 14.3. The van der Waals surface area contributed by atoms with Crippen molar-refractivity contribution < 1.29 is 29.7 Å². The number of carbonyl (C=O) groups is 3. The number of unbranched alkanes of at least 4 members (excludes halogenated alkanes) is 13. The van der Waals surface area contributed by atoms with E-state index in [0.29, 0.717) is 19.3 Å². The molecule has 0 heterocycles. The van der Waals surface area contributed by atoms with E-state index in [-0.39, 0.29) is 19.3 Å². The Balaban J connectivity index is 5.37. The Morgan fingerprint density at radius 3 is 1.36 bits per heavy atom. The number of hydrogen-bond donors (Lipinski definition) is 3. The summed E-state index contributed by atoms with van der Waals surface area (Å²) in [5, 5.41) is 30.5. The molecular weight excluding hydrogens is 661 g/mol. The van der Waals surface area contributed by atoms with Gasteiger partial charge in [0.2, 0.25) is 0 Å². The van der Waals surface area contributed by atoms with E-state index in [1.807, 2.05) is 0 Å². The Bertz CT molecular complexity index is 1100. The Morgan fingerprint density at radius 2 is 0.868 bits per heavy atom. The quantitative estimate of drug-likeness (QED) is 0.0332. The highest BCUT2D eigenvalue weighted by Crippen LogP contribution is 2.35. The van der Waals surface area contributed by atoms with E-state index in [1.165, 1.54) is 19.3 Å². The molecule has 3 unspecified atom stereocenters. The zero-order chi connectivity index (χ0) is 39.3. The van der Waals surface area contributed by atoms with Crippen molar-refractivity contribution in [1.29, 1.82) is 0 Å². The Kier molecular flexibility index (Phi) is 34.5. The van der Waals surface area contributed by atoms with Gasteiger partial charge in [0.25, 0.3) is 0 Å². The van der Waals surface area contributed by atoms with Crippen LogP contribution >= 0.6 is 0 Å². The molecule has 3 atom stereocenters. The van der Waals surface area contributed by atoms with Crippen molar-refractivity contribution in [3.05, 3.63) is 72.9 Å². The molecule has 302 valence electrons. The molecule has 0 spiro atoms. The first-order valence-corrected chi connectivity index (χ1v) is 21.3. The van der Waals surface area contributed by atoms with Crippen LogP contribution < -0.4 is 0 Å². The van der Waals surface area contributed by atoms with Crippen LogP contribution in [0.25, 0.3) is 0 Å². The van der Waals surface area contributed by atoms with Gasteiger partial charge in [0, 0.05) is 12.8 Å². The Hall–Kier alpha value is -2.67. The third-order valence-electron chi connectivity index (χ3n) is 9.70. The molecule has 53 heavy (non-hydrogen) atoms. The second kappa shape index (κ2) is 36.3. The molecule has 0 saturated carbocycles. The smallest absolute Gasteiger partial charge is 0.184 e. The molecule has 3 N–H and O–H groups in total. The van der Waals surface area contributed by atoms with Crippen molar-refractivity contribution in [3.8, 4) is 0 Å². The maximum absolute atomic E-state index is 14.0. The first kappa shape index (κ1) is 50.3. The van der Waals surface area contributed by atoms with Gasteiger partial charge in [0.05, 0.1) is 6.61 Å². The van der Waals surface area contributed by atoms with Gasteiger partial charge in [-0.05, 0) is 89.9 Å². The molecular formula is C47H78O6. The van der Waals surface area contributed by atoms with Crippen LogP contribution in [0.5, 0.6) is 0 Å². The third kappa shape index (κ3) is 25.1. The predicted molar refractivity (Wildman–Crippen MR) is 224 cm³/mol. The molecule has 0 bridgehead atoms. The molecule has 0 amide bonds. The van der Waals surface area contributed by atoms with Crippen LogP contribution in [0.3, 0.4) is 0 Å². The zero-order valence-corrected chi connectivity index (χ0v) is 34.0. The molecule has 0 aromatic rings. The minimum atomic E-state index is -2.00. The summed E-state index contributed by atoms with van der Waals surface area (Å²) in [6.07, 6.45) is 42.7. The average molecular weight is 739 g/mol. The fourth-order valence-corrected chi connectivity index (χ4v) is 6.35. The molecule has 6 nitrogen and oxygen atoms in total. The van der Waals surface area contributed by atoms with Gasteiger partial charge in [-0.3, -0.25) is 14.4 Å². The van der Waals surface area contributed by atoms with E-state index < -0.39 is 41.6 Å². The van der Waals surface area contributed by atoms with Gasteiger partial charge >= 0.3 is 0 Å². The number of aliphatic hydroxyl groups is 3. The lowest BCUT2D eigenvalue weighted by atomic mass is 9.67. The monoisotopic (exact) mass is 739 g/mol. The number of hydrogen-bond acceptors (Lipinski definition) is 6. The summed E-state index contributed by atoms with van der Waals surface area (Å²) in [6.45, 7) is 5.62. The molecule has 0 aliphatic carbocycles. The summed E-state index contributed by atoms with van der Waals surface area (Å²) >= 11 is 0. The molecule has 0 aliphatic heterocycles. The number of Topliss-reactive ketones (excluding diaryl/α,β-unsaturated/α-hetero) is 3. The highest BCUT2D eigenvalue weighted by atomic mass is 16.4. The lowest BCUT2D eigenvalue weighted by Crippen LogP contribution is -2.54. The van der Waals surface area contributed by atoms with Gasteiger partial charge in [-0.1, -0.05) is 151 Å². The summed E-state index contributed by atoms with van der Waals surface area (Å²) in [6, 6.07) is 0. The number of carbonyl (C=O) groups excluding carboxylic acids is 3. The zero-order valence-electron chi connectivity index (χ0n) is 34.0. The van der Waals surface area contributed by atoms with Crippen LogP contribution in [0.2, 0.25) is 0 Å². The van der Waals surface area contributed by atoms with E-state index in [4.69, 9.17) is 0 Å². The number of allylic oxidation sites excluding steroid dienone is 12. The predicted octanol–water partition coefficient (Wildman–Crippen LogP) is 11.5. The summed E-state index contributed by atoms with van der Waals surface area (Å²) in [4.78, 5) is 41.9. The van der Waals surface area contributed by atoms with Crippen molar-refractivity contribution in [1.82, 2.24) is 0 Å². The van der Waals surface area contributed by atoms with E-state index in [1.54, 1.807) is 0 Å². The highest BCUT2D eigenvalue weighted by molar-refractivity contribution is 6.25. The van der Waals surface area contributed by atoms with Crippen LogP contribution in [0, 0.1) is 5.41 Å². The molecule has 0 fully saturated rings. The SMILES string of the molecule is CC/C=C\C/C=C\C/C=C\CCCCCCC(C(=O)CCCC/C=C\C/C=C\C/C=C\CCCCC)(C(=O)CCCCCCC)C(=O)C(O)C(O)CO. The van der Waals surface area contributed by atoms with Crippen molar-refractivity contribution in [2.45, 2.75) is 193 Å². The summed E-state index contributed by atoms with van der Waals surface area (Å²) in [7, 11) is 0. The largest absolute Gasteiger partial charge is 0.394 e. The lowest BCUT2D eigenvalue weighted by molar-refractivity contribution is -0.158. The molecule has 0 aromatic heterocycles. The van der Waals surface area contributed by atoms with E-state index >= 15 is 0 Å². The first-order chi connectivity index (χ1) is 25.8. The molecule has 0 aliphatic rings. The number of ketones is 3. The molecule has 0 aromatic carbocycles. The van der Waals surface area contributed by atoms with Crippen LogP contribution in [0.4, 0.5) is 0 Å². The van der Waals surface area contributed by atoms with E-state index in [0.717, 1.165) is 103 Å².